The molecular formula is C26H26N4O2S. The molecule has 1 fully saturated rings. The summed E-state index contributed by atoms with van der Waals surface area (Å²) in [5.41, 5.74) is 4.65. The largest absolute Gasteiger partial charge is 0.372 e. The molecule has 2 aromatic heterocycles. The topological polar surface area (TPSA) is 67.2 Å². The van der Waals surface area contributed by atoms with Gasteiger partial charge in [-0.1, -0.05) is 30.3 Å². The Kier molecular flexibility index (Phi) is 5.72. The first-order chi connectivity index (χ1) is 16.0. The fourth-order valence-corrected chi connectivity index (χ4v) is 5.51. The smallest absolute Gasteiger partial charge is 0.263 e. The van der Waals surface area contributed by atoms with Gasteiger partial charge in [-0.15, -0.1) is 11.3 Å². The predicted octanol–water partition coefficient (Wildman–Crippen LogP) is 4.98. The highest BCUT2D eigenvalue weighted by Crippen LogP contribution is 2.35. The maximum absolute atomic E-state index is 13.3. The maximum atomic E-state index is 13.3. The molecule has 0 bridgehead atoms. The molecule has 0 atom stereocenters. The Morgan fingerprint density at radius 1 is 1.09 bits per heavy atom. The fourth-order valence-electron chi connectivity index (χ4n) is 4.51. The van der Waals surface area contributed by atoms with Gasteiger partial charge in [0.2, 0.25) is 5.91 Å². The molecule has 0 spiro atoms. The lowest BCUT2D eigenvalue weighted by Crippen LogP contribution is -2.28. The highest BCUT2D eigenvalue weighted by Gasteiger charge is 2.18. The lowest BCUT2D eigenvalue weighted by Gasteiger charge is -2.19. The number of fused-ring (bicyclic) bond motifs is 1. The summed E-state index contributed by atoms with van der Waals surface area (Å²) in [4.78, 5) is 34.7. The molecule has 1 aliphatic rings. The monoisotopic (exact) mass is 458 g/mol. The number of nitrogens with one attached hydrogen (secondary N) is 1. The summed E-state index contributed by atoms with van der Waals surface area (Å²) in [7, 11) is 0. The van der Waals surface area contributed by atoms with Gasteiger partial charge in [0.1, 0.15) is 11.4 Å². The van der Waals surface area contributed by atoms with E-state index in [1.165, 1.54) is 40.8 Å². The van der Waals surface area contributed by atoms with E-state index in [-0.39, 0.29) is 18.0 Å². The second-order valence-corrected chi connectivity index (χ2v) is 9.70. The quantitative estimate of drug-likeness (QED) is 0.458. The summed E-state index contributed by atoms with van der Waals surface area (Å²) < 4.78 is 1.39. The van der Waals surface area contributed by atoms with Crippen LogP contribution in [0.1, 0.15) is 23.3 Å². The number of carbonyl (C=O) groups is 1. The van der Waals surface area contributed by atoms with Gasteiger partial charge in [0.05, 0.1) is 11.7 Å². The number of thiophene rings is 1. The fraction of sp³-hybridized carbons (Fsp3) is 0.269. The molecule has 0 aliphatic carbocycles. The Balaban J connectivity index is 1.40. The van der Waals surface area contributed by atoms with Gasteiger partial charge in [0.15, 0.2) is 0 Å². The first-order valence-electron chi connectivity index (χ1n) is 11.2. The van der Waals surface area contributed by atoms with Gasteiger partial charge in [0.25, 0.3) is 5.56 Å². The van der Waals surface area contributed by atoms with Gasteiger partial charge >= 0.3 is 0 Å². The van der Waals surface area contributed by atoms with E-state index in [2.05, 4.69) is 21.3 Å². The van der Waals surface area contributed by atoms with Crippen molar-refractivity contribution >= 4 is 38.8 Å². The average molecular weight is 459 g/mol. The highest BCUT2D eigenvalue weighted by atomic mass is 32.1. The minimum absolute atomic E-state index is 0.0851. The molecule has 0 radical (unpaired) electrons. The SMILES string of the molecule is Cc1cc(N2CCCC2)ccc1NC(=O)Cn1cnc2sc(C)c(-c3ccccc3)c2c1=O. The number of aryl methyl sites for hydroxylation is 2. The van der Waals surface area contributed by atoms with E-state index in [1.54, 1.807) is 0 Å². The molecule has 4 aromatic rings. The van der Waals surface area contributed by atoms with Gasteiger partial charge in [-0.3, -0.25) is 14.2 Å². The molecule has 3 heterocycles. The Labute approximate surface area is 196 Å². The number of benzene rings is 2. The zero-order valence-corrected chi connectivity index (χ0v) is 19.6. The summed E-state index contributed by atoms with van der Waals surface area (Å²) >= 11 is 1.50. The number of carbonyl (C=O) groups excluding carboxylic acids is 1. The van der Waals surface area contributed by atoms with E-state index in [0.29, 0.717) is 10.2 Å². The van der Waals surface area contributed by atoms with Crippen LogP contribution in [0.3, 0.4) is 0 Å². The van der Waals surface area contributed by atoms with Crippen LogP contribution < -0.4 is 15.8 Å². The molecule has 2 aromatic carbocycles. The molecule has 1 aliphatic heterocycles. The Bertz CT molecular complexity index is 1380. The van der Waals surface area contributed by atoms with Crippen LogP contribution in [0.15, 0.2) is 59.7 Å². The van der Waals surface area contributed by atoms with Crippen LogP contribution in [0.5, 0.6) is 0 Å². The molecular weight excluding hydrogens is 432 g/mol. The van der Waals surface area contributed by atoms with Crippen LogP contribution in [-0.2, 0) is 11.3 Å². The van der Waals surface area contributed by atoms with Crippen LogP contribution in [0.2, 0.25) is 0 Å². The summed E-state index contributed by atoms with van der Waals surface area (Å²) in [6.07, 6.45) is 3.92. The van der Waals surface area contributed by atoms with Gasteiger partial charge in [0, 0.05) is 34.9 Å². The lowest BCUT2D eigenvalue weighted by atomic mass is 10.0. The van der Waals surface area contributed by atoms with E-state index < -0.39 is 0 Å². The van der Waals surface area contributed by atoms with Gasteiger partial charge < -0.3 is 10.2 Å². The number of rotatable bonds is 5. The zero-order valence-electron chi connectivity index (χ0n) is 18.8. The Hall–Kier alpha value is -3.45. The maximum Gasteiger partial charge on any atom is 0.263 e. The van der Waals surface area contributed by atoms with E-state index in [1.807, 2.05) is 56.3 Å². The predicted molar refractivity (Wildman–Crippen MR) is 135 cm³/mol. The third-order valence-electron chi connectivity index (χ3n) is 6.19. The van der Waals surface area contributed by atoms with Crippen molar-refractivity contribution in [1.82, 2.24) is 9.55 Å². The minimum atomic E-state index is -0.247. The van der Waals surface area contributed by atoms with Crippen molar-refractivity contribution in [3.05, 3.63) is 75.7 Å². The van der Waals surface area contributed by atoms with Gasteiger partial charge in [-0.25, -0.2) is 4.98 Å². The van der Waals surface area contributed by atoms with Crippen molar-refractivity contribution in [1.29, 1.82) is 0 Å². The molecule has 0 saturated carbocycles. The van der Waals surface area contributed by atoms with Crippen LogP contribution in [0.4, 0.5) is 11.4 Å². The van der Waals surface area contributed by atoms with Gasteiger partial charge in [-0.2, -0.15) is 0 Å². The second-order valence-electron chi connectivity index (χ2n) is 8.50. The second kappa shape index (κ2) is 8.83. The number of amides is 1. The van der Waals surface area contributed by atoms with E-state index >= 15 is 0 Å². The Morgan fingerprint density at radius 3 is 2.58 bits per heavy atom. The van der Waals surface area contributed by atoms with Crippen molar-refractivity contribution in [2.24, 2.45) is 0 Å². The van der Waals surface area contributed by atoms with Crippen molar-refractivity contribution < 1.29 is 4.79 Å². The molecule has 6 nitrogen and oxygen atoms in total. The van der Waals surface area contributed by atoms with Crippen LogP contribution in [0.25, 0.3) is 21.3 Å². The molecule has 168 valence electrons. The van der Waals surface area contributed by atoms with E-state index in [9.17, 15) is 9.59 Å². The van der Waals surface area contributed by atoms with Crippen molar-refractivity contribution in [2.75, 3.05) is 23.3 Å². The molecule has 1 N–H and O–H groups in total. The minimum Gasteiger partial charge on any atom is -0.372 e. The van der Waals surface area contributed by atoms with Crippen molar-refractivity contribution in [3.8, 4) is 11.1 Å². The average Bonchev–Trinajstić information content (AvgIpc) is 3.46. The molecule has 7 heteroatoms. The van der Waals surface area contributed by atoms with Crippen LogP contribution in [0, 0.1) is 13.8 Å². The molecule has 33 heavy (non-hydrogen) atoms. The molecule has 5 rings (SSSR count). The summed E-state index contributed by atoms with van der Waals surface area (Å²) in [5.74, 6) is -0.247. The number of hydrogen-bond donors (Lipinski definition) is 1. The normalized spacial score (nSPS) is 13.6. The van der Waals surface area contributed by atoms with Crippen LogP contribution in [-0.4, -0.2) is 28.5 Å². The number of aromatic nitrogens is 2. The summed E-state index contributed by atoms with van der Waals surface area (Å²) in [6.45, 7) is 6.07. The number of hydrogen-bond acceptors (Lipinski definition) is 5. The number of anilines is 2. The third-order valence-corrected chi connectivity index (χ3v) is 7.20. The van der Waals surface area contributed by atoms with Crippen molar-refractivity contribution in [3.63, 3.8) is 0 Å². The summed E-state index contributed by atoms with van der Waals surface area (Å²) in [6, 6.07) is 16.0. The lowest BCUT2D eigenvalue weighted by molar-refractivity contribution is -0.116. The third kappa shape index (κ3) is 4.16. The first kappa shape index (κ1) is 21.4. The van der Waals surface area contributed by atoms with E-state index in [0.717, 1.165) is 40.3 Å². The highest BCUT2D eigenvalue weighted by molar-refractivity contribution is 7.19. The first-order valence-corrected chi connectivity index (χ1v) is 12.0. The molecule has 0 unspecified atom stereocenters. The van der Waals surface area contributed by atoms with Gasteiger partial charge in [-0.05, 0) is 56.0 Å². The number of nitrogens with zero attached hydrogens (tertiary/aromatic N) is 3. The van der Waals surface area contributed by atoms with E-state index in [4.69, 9.17) is 0 Å². The van der Waals surface area contributed by atoms with Crippen LogP contribution >= 0.6 is 11.3 Å². The summed E-state index contributed by atoms with van der Waals surface area (Å²) in [5, 5.41) is 3.54. The molecule has 1 amide bonds. The van der Waals surface area contributed by atoms with Crippen molar-refractivity contribution in [2.45, 2.75) is 33.2 Å². The molecule has 1 saturated heterocycles. The zero-order chi connectivity index (χ0) is 22.9. The standard InChI is InChI=1S/C26H26N4O2S/c1-17-14-20(29-12-6-7-13-29)10-11-21(17)28-22(31)15-30-16-27-25-24(26(30)32)23(18(2)33-25)19-8-4-3-5-9-19/h3-5,8-11,14,16H,6-7,12-13,15H2,1-2H3,(H,28,31). The Morgan fingerprint density at radius 2 is 1.85 bits per heavy atom.